The Labute approximate surface area is 184 Å². The molecule has 0 aliphatic rings. The van der Waals surface area contributed by atoms with E-state index in [1.165, 1.54) is 22.3 Å². The summed E-state index contributed by atoms with van der Waals surface area (Å²) in [4.78, 5) is 25.1. The van der Waals surface area contributed by atoms with E-state index in [0.29, 0.717) is 30.9 Å². The van der Waals surface area contributed by atoms with Crippen LogP contribution in [0, 0.1) is 11.7 Å². The molecule has 4 rings (SSSR count). The molecule has 1 N–H and O–H groups in total. The highest BCUT2D eigenvalue weighted by molar-refractivity contribution is 5.76. The summed E-state index contributed by atoms with van der Waals surface area (Å²) in [6.07, 6.45) is 4.88. The van der Waals surface area contributed by atoms with Crippen LogP contribution in [0.15, 0.2) is 71.8 Å². The Bertz CT molecular complexity index is 1280. The molecule has 1 unspecified atom stereocenters. The quantitative estimate of drug-likeness (QED) is 0.463. The van der Waals surface area contributed by atoms with Gasteiger partial charge in [0.1, 0.15) is 11.6 Å². The lowest BCUT2D eigenvalue weighted by Gasteiger charge is -2.11. The first-order valence-corrected chi connectivity index (χ1v) is 10.5. The van der Waals surface area contributed by atoms with Crippen molar-refractivity contribution in [1.29, 1.82) is 0 Å². The predicted octanol–water partition coefficient (Wildman–Crippen LogP) is 2.95. The second kappa shape index (κ2) is 9.55. The average molecular weight is 433 g/mol. The van der Waals surface area contributed by atoms with Gasteiger partial charge in [0, 0.05) is 31.8 Å². The van der Waals surface area contributed by atoms with Gasteiger partial charge in [0.2, 0.25) is 11.6 Å². The van der Waals surface area contributed by atoms with Gasteiger partial charge in [0.25, 0.3) is 0 Å². The molecule has 1 amide bonds. The summed E-state index contributed by atoms with van der Waals surface area (Å²) >= 11 is 0. The molecule has 0 radical (unpaired) electrons. The highest BCUT2D eigenvalue weighted by Crippen LogP contribution is 2.12. The average Bonchev–Trinajstić information content (AvgIpc) is 3.18. The Morgan fingerprint density at radius 2 is 1.91 bits per heavy atom. The number of amides is 1. The number of fused-ring (bicyclic) bond motifs is 1. The largest absolute Gasteiger partial charge is 0.356 e. The van der Waals surface area contributed by atoms with E-state index in [1.54, 1.807) is 28.9 Å². The van der Waals surface area contributed by atoms with Crippen molar-refractivity contribution in [3.8, 4) is 5.69 Å². The maximum absolute atomic E-state index is 13.5. The van der Waals surface area contributed by atoms with Crippen LogP contribution in [0.1, 0.15) is 24.7 Å². The SMILES string of the molecule is CC(CC(=O)NCCc1ccccc1)Cc1nnc2c(=O)n(-c3cccc(F)c3)ccn12. The smallest absolute Gasteiger partial charge is 0.300 e. The zero-order valence-electron chi connectivity index (χ0n) is 17.7. The summed E-state index contributed by atoms with van der Waals surface area (Å²) in [6, 6.07) is 15.8. The fourth-order valence-electron chi connectivity index (χ4n) is 3.67. The monoisotopic (exact) mass is 433 g/mol. The van der Waals surface area contributed by atoms with Crippen molar-refractivity contribution in [3.63, 3.8) is 0 Å². The van der Waals surface area contributed by atoms with E-state index in [2.05, 4.69) is 15.5 Å². The molecule has 4 aromatic rings. The molecule has 32 heavy (non-hydrogen) atoms. The lowest BCUT2D eigenvalue weighted by atomic mass is 10.0. The molecule has 0 saturated heterocycles. The number of aromatic nitrogens is 4. The third kappa shape index (κ3) is 4.91. The number of hydrogen-bond acceptors (Lipinski definition) is 4. The number of hydrogen-bond donors (Lipinski definition) is 1. The summed E-state index contributed by atoms with van der Waals surface area (Å²) in [7, 11) is 0. The summed E-state index contributed by atoms with van der Waals surface area (Å²) in [5, 5.41) is 11.1. The van der Waals surface area contributed by atoms with Gasteiger partial charge in [-0.15, -0.1) is 10.2 Å². The zero-order valence-corrected chi connectivity index (χ0v) is 17.7. The van der Waals surface area contributed by atoms with Gasteiger partial charge >= 0.3 is 5.56 Å². The van der Waals surface area contributed by atoms with Crippen molar-refractivity contribution < 1.29 is 9.18 Å². The van der Waals surface area contributed by atoms with Crippen molar-refractivity contribution in [2.24, 2.45) is 5.92 Å². The molecular formula is C24H24FN5O2. The molecule has 8 heteroatoms. The molecule has 0 aliphatic carbocycles. The number of nitrogens with one attached hydrogen (secondary N) is 1. The lowest BCUT2D eigenvalue weighted by Crippen LogP contribution is -2.27. The number of benzene rings is 2. The van der Waals surface area contributed by atoms with Crippen molar-refractivity contribution in [2.45, 2.75) is 26.2 Å². The fraction of sp³-hybridized carbons (Fsp3) is 0.250. The Kier molecular flexibility index (Phi) is 6.39. The number of rotatable bonds is 8. The van der Waals surface area contributed by atoms with Crippen LogP contribution in [0.5, 0.6) is 0 Å². The van der Waals surface area contributed by atoms with E-state index in [0.717, 1.165) is 6.42 Å². The summed E-state index contributed by atoms with van der Waals surface area (Å²) in [6.45, 7) is 2.55. The molecule has 0 fully saturated rings. The summed E-state index contributed by atoms with van der Waals surface area (Å²) in [5.41, 5.74) is 1.37. The van der Waals surface area contributed by atoms with Gasteiger partial charge in [0.15, 0.2) is 0 Å². The minimum absolute atomic E-state index is 0.0179. The Balaban J connectivity index is 1.39. The maximum Gasteiger partial charge on any atom is 0.300 e. The van der Waals surface area contributed by atoms with Gasteiger partial charge in [-0.3, -0.25) is 18.6 Å². The number of nitrogens with zero attached hydrogens (tertiary/aromatic N) is 4. The van der Waals surface area contributed by atoms with Crippen LogP contribution in [0.25, 0.3) is 11.3 Å². The van der Waals surface area contributed by atoms with Crippen LogP contribution in [0.2, 0.25) is 0 Å². The van der Waals surface area contributed by atoms with Gasteiger partial charge in [-0.25, -0.2) is 4.39 Å². The number of carbonyl (C=O) groups excluding carboxylic acids is 1. The highest BCUT2D eigenvalue weighted by atomic mass is 19.1. The zero-order chi connectivity index (χ0) is 22.5. The lowest BCUT2D eigenvalue weighted by molar-refractivity contribution is -0.121. The third-order valence-electron chi connectivity index (χ3n) is 5.27. The Morgan fingerprint density at radius 3 is 2.69 bits per heavy atom. The van der Waals surface area contributed by atoms with Crippen molar-refractivity contribution >= 4 is 11.6 Å². The second-order valence-corrected chi connectivity index (χ2v) is 7.86. The second-order valence-electron chi connectivity index (χ2n) is 7.86. The Hall–Kier alpha value is -3.81. The van der Waals surface area contributed by atoms with Crippen LogP contribution >= 0.6 is 0 Å². The Morgan fingerprint density at radius 1 is 1.09 bits per heavy atom. The molecule has 2 aromatic heterocycles. The van der Waals surface area contributed by atoms with E-state index in [-0.39, 0.29) is 23.0 Å². The van der Waals surface area contributed by atoms with Gasteiger partial charge in [0.05, 0.1) is 5.69 Å². The van der Waals surface area contributed by atoms with E-state index >= 15 is 0 Å². The third-order valence-corrected chi connectivity index (χ3v) is 5.27. The molecule has 0 bridgehead atoms. The minimum Gasteiger partial charge on any atom is -0.356 e. The predicted molar refractivity (Wildman–Crippen MR) is 119 cm³/mol. The first-order chi connectivity index (χ1) is 15.5. The van der Waals surface area contributed by atoms with E-state index in [1.807, 2.05) is 37.3 Å². The topological polar surface area (TPSA) is 81.3 Å². The highest BCUT2D eigenvalue weighted by Gasteiger charge is 2.16. The molecule has 2 aromatic carbocycles. The first kappa shape index (κ1) is 21.4. The van der Waals surface area contributed by atoms with Crippen LogP contribution in [0.3, 0.4) is 0 Å². The van der Waals surface area contributed by atoms with Crippen molar-refractivity contribution in [3.05, 3.63) is 94.5 Å². The molecule has 1 atom stereocenters. The van der Waals surface area contributed by atoms with Crippen LogP contribution < -0.4 is 10.9 Å². The van der Waals surface area contributed by atoms with Gasteiger partial charge in [-0.05, 0) is 36.1 Å². The fourth-order valence-corrected chi connectivity index (χ4v) is 3.67. The minimum atomic E-state index is -0.424. The number of carbonyl (C=O) groups is 1. The van der Waals surface area contributed by atoms with Gasteiger partial charge < -0.3 is 5.32 Å². The van der Waals surface area contributed by atoms with E-state index in [4.69, 9.17) is 0 Å². The molecule has 0 spiro atoms. The van der Waals surface area contributed by atoms with E-state index in [9.17, 15) is 14.0 Å². The molecule has 2 heterocycles. The van der Waals surface area contributed by atoms with Gasteiger partial charge in [-0.1, -0.05) is 43.3 Å². The van der Waals surface area contributed by atoms with Crippen LogP contribution in [0.4, 0.5) is 4.39 Å². The standard InChI is InChI=1S/C24H24FN5O2/c1-17(15-22(31)26-11-10-18-6-3-2-4-7-18)14-21-27-28-23-24(32)29(12-13-30(21)23)20-9-5-8-19(25)16-20/h2-9,12-13,16-17H,10-11,14-15H2,1H3,(H,26,31). The van der Waals surface area contributed by atoms with Gasteiger partial charge in [-0.2, -0.15) is 0 Å². The normalized spacial score (nSPS) is 12.1. The van der Waals surface area contributed by atoms with Crippen molar-refractivity contribution in [2.75, 3.05) is 6.54 Å². The molecule has 164 valence electrons. The number of halogens is 1. The first-order valence-electron chi connectivity index (χ1n) is 10.5. The maximum atomic E-state index is 13.5. The molecule has 0 aliphatic heterocycles. The summed E-state index contributed by atoms with van der Waals surface area (Å²) < 4.78 is 16.5. The van der Waals surface area contributed by atoms with Crippen LogP contribution in [-0.2, 0) is 17.6 Å². The molecular weight excluding hydrogens is 409 g/mol. The molecule has 0 saturated carbocycles. The van der Waals surface area contributed by atoms with Crippen molar-refractivity contribution in [1.82, 2.24) is 24.5 Å². The van der Waals surface area contributed by atoms with E-state index < -0.39 is 5.82 Å². The summed E-state index contributed by atoms with van der Waals surface area (Å²) in [5.74, 6) is 0.181. The molecule has 7 nitrogen and oxygen atoms in total. The van der Waals surface area contributed by atoms with Crippen LogP contribution in [-0.4, -0.2) is 31.6 Å².